The van der Waals surface area contributed by atoms with E-state index in [-0.39, 0.29) is 29.4 Å². The van der Waals surface area contributed by atoms with Gasteiger partial charge in [0.05, 0.1) is 11.1 Å². The molecule has 1 aliphatic heterocycles. The van der Waals surface area contributed by atoms with Crippen molar-refractivity contribution < 1.29 is 9.18 Å². The first kappa shape index (κ1) is 19.2. The molecule has 1 heterocycles. The molecule has 22 heavy (non-hydrogen) atoms. The van der Waals surface area contributed by atoms with Crippen molar-refractivity contribution in [3.63, 3.8) is 0 Å². The fourth-order valence-electron chi connectivity index (χ4n) is 2.68. The van der Waals surface area contributed by atoms with Gasteiger partial charge in [-0.25, -0.2) is 4.39 Å². The van der Waals surface area contributed by atoms with E-state index in [0.717, 1.165) is 37.9 Å². The summed E-state index contributed by atoms with van der Waals surface area (Å²) in [4.78, 5) is 12.0. The number of halogens is 3. The lowest BCUT2D eigenvalue weighted by Gasteiger charge is -2.22. The Kier molecular flexibility index (Phi) is 8.15. The van der Waals surface area contributed by atoms with Gasteiger partial charge in [-0.2, -0.15) is 0 Å². The summed E-state index contributed by atoms with van der Waals surface area (Å²) in [5.74, 6) is 0.249. The van der Waals surface area contributed by atoms with E-state index >= 15 is 0 Å². The number of nitrogens with one attached hydrogen (secondary N) is 2. The van der Waals surface area contributed by atoms with E-state index in [1.165, 1.54) is 6.07 Å². The van der Waals surface area contributed by atoms with Crippen LogP contribution < -0.4 is 10.6 Å². The minimum Gasteiger partial charge on any atom is -0.350 e. The lowest BCUT2D eigenvalue weighted by molar-refractivity contribution is -0.122. The van der Waals surface area contributed by atoms with Crippen molar-refractivity contribution in [2.75, 3.05) is 13.1 Å². The highest BCUT2D eigenvalue weighted by molar-refractivity contribution is 6.30. The second-order valence-electron chi connectivity index (χ2n) is 5.69. The summed E-state index contributed by atoms with van der Waals surface area (Å²) in [6, 6.07) is 4.38. The molecule has 1 saturated heterocycles. The van der Waals surface area contributed by atoms with Crippen molar-refractivity contribution in [1.29, 1.82) is 0 Å². The van der Waals surface area contributed by atoms with E-state index in [1.54, 1.807) is 12.1 Å². The molecule has 0 aromatic heterocycles. The largest absolute Gasteiger partial charge is 0.350 e. The lowest BCUT2D eigenvalue weighted by atomic mass is 9.93. The van der Waals surface area contributed by atoms with Crippen LogP contribution in [-0.4, -0.2) is 19.0 Å². The normalized spacial score (nSPS) is 16.7. The summed E-state index contributed by atoms with van der Waals surface area (Å²) in [7, 11) is 0. The third kappa shape index (κ3) is 5.75. The van der Waals surface area contributed by atoms with Crippen LogP contribution in [0, 0.1) is 11.7 Å². The third-order valence-electron chi connectivity index (χ3n) is 4.06. The molecule has 1 unspecified atom stereocenters. The van der Waals surface area contributed by atoms with Gasteiger partial charge in [0.1, 0.15) is 5.82 Å². The molecule has 2 N–H and O–H groups in total. The molecule has 1 fully saturated rings. The lowest BCUT2D eigenvalue weighted by Crippen LogP contribution is -2.30. The van der Waals surface area contributed by atoms with Crippen LogP contribution in [0.25, 0.3) is 0 Å². The van der Waals surface area contributed by atoms with Gasteiger partial charge in [0.25, 0.3) is 0 Å². The van der Waals surface area contributed by atoms with E-state index in [0.29, 0.717) is 12.3 Å². The van der Waals surface area contributed by atoms with Crippen LogP contribution in [-0.2, 0) is 4.79 Å². The second-order valence-corrected chi connectivity index (χ2v) is 6.10. The number of carbonyl (C=O) groups is 1. The van der Waals surface area contributed by atoms with Gasteiger partial charge in [-0.05, 0) is 62.9 Å². The fourth-order valence-corrected chi connectivity index (χ4v) is 2.87. The number of piperidine rings is 1. The molecule has 1 atom stereocenters. The van der Waals surface area contributed by atoms with Gasteiger partial charge in [0.2, 0.25) is 5.91 Å². The highest BCUT2D eigenvalue weighted by atomic mass is 35.5. The SMILES string of the molecule is CC(NC(=O)CCC1CCNCC1)c1ccc(F)c(Cl)c1.Cl. The van der Waals surface area contributed by atoms with E-state index in [4.69, 9.17) is 11.6 Å². The number of hydrogen-bond donors (Lipinski definition) is 2. The minimum absolute atomic E-state index is 0. The van der Waals surface area contributed by atoms with Crippen LogP contribution >= 0.6 is 24.0 Å². The van der Waals surface area contributed by atoms with Crippen LogP contribution in [0.5, 0.6) is 0 Å². The Morgan fingerprint density at radius 3 is 2.77 bits per heavy atom. The molecule has 1 aromatic rings. The maximum atomic E-state index is 13.1. The molecule has 1 amide bonds. The highest BCUT2D eigenvalue weighted by Gasteiger charge is 2.16. The van der Waals surface area contributed by atoms with Gasteiger partial charge in [0, 0.05) is 6.42 Å². The summed E-state index contributed by atoms with van der Waals surface area (Å²) < 4.78 is 13.1. The van der Waals surface area contributed by atoms with Crippen LogP contribution in [0.2, 0.25) is 5.02 Å². The predicted molar refractivity (Wildman–Crippen MR) is 90.0 cm³/mol. The summed E-state index contributed by atoms with van der Waals surface area (Å²) >= 11 is 5.76. The standard InChI is InChI=1S/C16H22ClFN2O.ClH/c1-11(13-3-4-15(18)14(17)10-13)20-16(21)5-2-12-6-8-19-9-7-12;/h3-4,10-12,19H,2,5-9H2,1H3,(H,20,21);1H. The van der Waals surface area contributed by atoms with Gasteiger partial charge in [-0.3, -0.25) is 4.79 Å². The van der Waals surface area contributed by atoms with Crippen LogP contribution in [0.3, 0.4) is 0 Å². The molecule has 0 radical (unpaired) electrons. The average molecular weight is 349 g/mol. The maximum absolute atomic E-state index is 13.1. The van der Waals surface area contributed by atoms with E-state index in [2.05, 4.69) is 10.6 Å². The van der Waals surface area contributed by atoms with E-state index in [9.17, 15) is 9.18 Å². The molecule has 1 aliphatic rings. The molecular formula is C16H23Cl2FN2O. The van der Waals surface area contributed by atoms with Gasteiger partial charge in [-0.15, -0.1) is 12.4 Å². The summed E-state index contributed by atoms with van der Waals surface area (Å²) in [6.07, 6.45) is 3.78. The van der Waals surface area contributed by atoms with Crippen molar-refractivity contribution in [3.8, 4) is 0 Å². The first-order chi connectivity index (χ1) is 10.1. The minimum atomic E-state index is -0.440. The molecule has 6 heteroatoms. The zero-order valence-corrected chi connectivity index (χ0v) is 14.3. The Morgan fingerprint density at radius 1 is 1.45 bits per heavy atom. The van der Waals surface area contributed by atoms with Crippen molar-refractivity contribution in [2.45, 2.75) is 38.6 Å². The number of carbonyl (C=O) groups excluding carboxylic acids is 1. The summed E-state index contributed by atoms with van der Waals surface area (Å²) in [5.41, 5.74) is 0.816. The Bertz CT molecular complexity index is 493. The van der Waals surface area contributed by atoms with Crippen molar-refractivity contribution in [3.05, 3.63) is 34.6 Å². The zero-order chi connectivity index (χ0) is 15.2. The number of hydrogen-bond acceptors (Lipinski definition) is 2. The fraction of sp³-hybridized carbons (Fsp3) is 0.562. The number of benzene rings is 1. The number of amides is 1. The van der Waals surface area contributed by atoms with Gasteiger partial charge >= 0.3 is 0 Å². The first-order valence-corrected chi connectivity index (χ1v) is 7.89. The molecule has 0 aliphatic carbocycles. The smallest absolute Gasteiger partial charge is 0.220 e. The van der Waals surface area contributed by atoms with Gasteiger partial charge in [0.15, 0.2) is 0 Å². The zero-order valence-electron chi connectivity index (χ0n) is 12.7. The Hall–Kier alpha value is -0.840. The Labute approximate surface area is 142 Å². The van der Waals surface area contributed by atoms with E-state index < -0.39 is 5.82 Å². The van der Waals surface area contributed by atoms with Crippen molar-refractivity contribution >= 4 is 29.9 Å². The molecule has 0 saturated carbocycles. The second kappa shape index (κ2) is 9.33. The summed E-state index contributed by atoms with van der Waals surface area (Å²) in [6.45, 7) is 3.99. The highest BCUT2D eigenvalue weighted by Crippen LogP contribution is 2.21. The topological polar surface area (TPSA) is 41.1 Å². The average Bonchev–Trinajstić information content (AvgIpc) is 2.49. The Morgan fingerprint density at radius 2 is 2.14 bits per heavy atom. The molecule has 2 rings (SSSR count). The molecular weight excluding hydrogens is 326 g/mol. The quantitative estimate of drug-likeness (QED) is 0.848. The molecule has 0 bridgehead atoms. The van der Waals surface area contributed by atoms with Crippen LogP contribution in [0.15, 0.2) is 18.2 Å². The molecule has 0 spiro atoms. The Balaban J connectivity index is 0.00000242. The molecule has 3 nitrogen and oxygen atoms in total. The van der Waals surface area contributed by atoms with Crippen molar-refractivity contribution in [1.82, 2.24) is 10.6 Å². The van der Waals surface area contributed by atoms with Gasteiger partial charge < -0.3 is 10.6 Å². The monoisotopic (exact) mass is 348 g/mol. The van der Waals surface area contributed by atoms with E-state index in [1.807, 2.05) is 6.92 Å². The summed E-state index contributed by atoms with van der Waals surface area (Å²) in [5, 5.41) is 6.36. The van der Waals surface area contributed by atoms with Gasteiger partial charge in [-0.1, -0.05) is 17.7 Å². The molecule has 124 valence electrons. The number of rotatable bonds is 5. The third-order valence-corrected chi connectivity index (χ3v) is 4.35. The van der Waals surface area contributed by atoms with Crippen LogP contribution in [0.1, 0.15) is 44.2 Å². The predicted octanol–water partition coefficient (Wildman–Crippen LogP) is 3.86. The van der Waals surface area contributed by atoms with Crippen LogP contribution in [0.4, 0.5) is 4.39 Å². The molecule has 1 aromatic carbocycles. The van der Waals surface area contributed by atoms with Crippen molar-refractivity contribution in [2.24, 2.45) is 5.92 Å². The maximum Gasteiger partial charge on any atom is 0.220 e. The first-order valence-electron chi connectivity index (χ1n) is 7.51.